The summed E-state index contributed by atoms with van der Waals surface area (Å²) in [6, 6.07) is 84.6. The number of hydrogen-bond acceptors (Lipinski definition) is 0. The predicted octanol–water partition coefficient (Wildman–Crippen LogP) is 18.7. The topological polar surface area (TPSA) is 0 Å². The molecule has 0 N–H and O–H groups in total. The van der Waals surface area contributed by atoms with Crippen LogP contribution < -0.4 is 10.4 Å². The molecule has 68 heavy (non-hydrogen) atoms. The van der Waals surface area contributed by atoms with Crippen LogP contribution in [0.4, 0.5) is 0 Å². The van der Waals surface area contributed by atoms with Gasteiger partial charge in [-0.05, 0) is 147 Å². The lowest BCUT2D eigenvalue weighted by Gasteiger charge is -2.23. The molecule has 0 aliphatic rings. The van der Waals surface area contributed by atoms with E-state index in [9.17, 15) is 0 Å². The molecule has 0 radical (unpaired) electrons. The van der Waals surface area contributed by atoms with E-state index in [1.807, 2.05) is 13.8 Å². The van der Waals surface area contributed by atoms with Gasteiger partial charge in [0, 0.05) is 0 Å². The molecule has 0 aromatic heterocycles. The van der Waals surface area contributed by atoms with Gasteiger partial charge in [-0.3, -0.25) is 0 Å². The third-order valence-electron chi connectivity index (χ3n) is 13.0. The van der Waals surface area contributed by atoms with Crippen LogP contribution in [0.1, 0.15) is 42.5 Å². The van der Waals surface area contributed by atoms with Crippen molar-refractivity contribution < 1.29 is 0 Å². The van der Waals surface area contributed by atoms with Crippen molar-refractivity contribution in [2.75, 3.05) is 0 Å². The molecule has 0 heteroatoms. The number of rotatable bonds is 7. The molecule has 11 aromatic rings. The Bertz CT molecular complexity index is 3580. The minimum Gasteiger partial charge on any atom is -0.0791 e. The van der Waals surface area contributed by atoms with Crippen LogP contribution in [0.3, 0.4) is 0 Å². The molecule has 0 amide bonds. The van der Waals surface area contributed by atoms with Crippen molar-refractivity contribution in [2.45, 2.75) is 42.5 Å². The molecule has 0 aliphatic heterocycles. The maximum Gasteiger partial charge on any atom is -0.00140 e. The van der Waals surface area contributed by atoms with Gasteiger partial charge in [-0.1, -0.05) is 259 Å². The van der Waals surface area contributed by atoms with Crippen molar-refractivity contribution in [1.82, 2.24) is 0 Å². The second-order valence-electron chi connectivity index (χ2n) is 16.5. The van der Waals surface area contributed by atoms with Gasteiger partial charge >= 0.3 is 0 Å². The molecule has 0 unspecified atom stereocenters. The summed E-state index contributed by atoms with van der Waals surface area (Å²) in [7, 11) is 0. The first kappa shape index (κ1) is 46.5. The van der Waals surface area contributed by atoms with Crippen LogP contribution in [0, 0.1) is 0 Å². The Labute approximate surface area is 403 Å². The molecule has 0 fully saturated rings. The smallest absolute Gasteiger partial charge is 0.00140 e. The molecule has 11 aromatic carbocycles. The van der Waals surface area contributed by atoms with Gasteiger partial charge < -0.3 is 0 Å². The van der Waals surface area contributed by atoms with Gasteiger partial charge in [0.05, 0.1) is 0 Å². The zero-order valence-electron chi connectivity index (χ0n) is 38.1. The summed E-state index contributed by atoms with van der Waals surface area (Å²) in [6.07, 6.45) is 4.68. The second-order valence-corrected chi connectivity index (χ2v) is 16.5. The van der Waals surface area contributed by atoms with Gasteiger partial charge in [0.15, 0.2) is 0 Å². The fourth-order valence-electron chi connectivity index (χ4n) is 10.2. The molecule has 0 nitrogen and oxygen atoms in total. The van der Waals surface area contributed by atoms with Crippen LogP contribution in [-0.2, 0) is 0 Å². The Morgan fingerprint density at radius 2 is 0.515 bits per heavy atom. The lowest BCUT2D eigenvalue weighted by Crippen LogP contribution is -2.29. The van der Waals surface area contributed by atoms with Crippen LogP contribution in [-0.4, -0.2) is 0 Å². The Morgan fingerprint density at radius 3 is 0.882 bits per heavy atom. The lowest BCUT2D eigenvalue weighted by molar-refractivity contribution is 1.50. The fraction of sp³-hybridized carbons (Fsp3) is 0.0882. The van der Waals surface area contributed by atoms with Gasteiger partial charge in [-0.15, -0.1) is 0 Å². The average molecular weight is 877 g/mol. The van der Waals surface area contributed by atoms with Crippen LogP contribution in [0.2, 0.25) is 0 Å². The summed E-state index contributed by atoms with van der Waals surface area (Å²) in [6.45, 7) is 8.42. The minimum atomic E-state index is 0. The van der Waals surface area contributed by atoms with Crippen molar-refractivity contribution in [2.24, 2.45) is 0 Å². The van der Waals surface area contributed by atoms with E-state index >= 15 is 0 Å². The fourth-order valence-corrected chi connectivity index (χ4v) is 10.2. The summed E-state index contributed by atoms with van der Waals surface area (Å²) < 4.78 is 0. The highest BCUT2D eigenvalue weighted by molar-refractivity contribution is 6.25. The van der Waals surface area contributed by atoms with Crippen LogP contribution in [0.15, 0.2) is 231 Å². The average Bonchev–Trinajstić information content (AvgIpc) is 3.40. The van der Waals surface area contributed by atoms with Crippen molar-refractivity contribution in [3.05, 3.63) is 241 Å². The van der Waals surface area contributed by atoms with E-state index in [-0.39, 0.29) is 14.9 Å². The van der Waals surface area contributed by atoms with Crippen LogP contribution in [0.5, 0.6) is 0 Å². The first-order chi connectivity index (χ1) is 32.7. The first-order valence-corrected chi connectivity index (χ1v) is 23.3. The lowest BCUT2D eigenvalue weighted by atomic mass is 9.80. The molecule has 0 spiro atoms. The maximum atomic E-state index is 2.42. The number of hydrogen-bond donors (Lipinski definition) is 0. The molecule has 0 heterocycles. The van der Waals surface area contributed by atoms with Gasteiger partial charge in [-0.2, -0.15) is 0 Å². The van der Waals surface area contributed by atoms with Gasteiger partial charge in [0.25, 0.3) is 0 Å². The van der Waals surface area contributed by atoms with Crippen LogP contribution >= 0.6 is 0 Å². The zero-order valence-corrected chi connectivity index (χ0v) is 38.1. The molecule has 0 bridgehead atoms. The van der Waals surface area contributed by atoms with E-state index in [0.717, 1.165) is 0 Å². The Hall–Kier alpha value is -8.06. The maximum absolute atomic E-state index is 2.42. The number of fused-ring (bicyclic) bond motifs is 3. The molecule has 0 atom stereocenters. The summed E-state index contributed by atoms with van der Waals surface area (Å²) in [5.74, 6) is 0. The molecule has 0 aliphatic carbocycles. The van der Waals surface area contributed by atoms with Gasteiger partial charge in [0.2, 0.25) is 0 Å². The highest BCUT2D eigenvalue weighted by atomic mass is 14.3. The monoisotopic (exact) mass is 876 g/mol. The highest BCUT2D eigenvalue weighted by Gasteiger charge is 2.24. The Kier molecular flexibility index (Phi) is 14.1. The molecular formula is C68H60. The third-order valence-corrected chi connectivity index (χ3v) is 13.0. The van der Waals surface area contributed by atoms with Gasteiger partial charge in [0.1, 0.15) is 0 Å². The SMILES string of the molecule is C.C.C/C=c1/c(-c2cc(-c3ccccc3)ccc2-c2ccccc2)c2ccccc2c(-c2c3ccccc3c(-c3cc(-c4ccccc4)ccc3-c3ccccc3)c3ccccc23)/c1=C/C.CC. The standard InChI is InChI=1S/C64H46.C2H6.2CH4/c1-3-49-50(4-2)63(56-34-20-17-31-53(56)61(49)59-41-47(43-23-9-5-10-24-43)37-39-51(59)45-27-13-7-14-28-45)64-57-35-21-18-32-54(57)62(55-33-19-22-36-58(55)64)60-42-48(44-25-11-6-12-26-44)38-40-52(60)46-29-15-8-16-30-46;1-2;;/h3-42H,1-2H3;1-2H3;2*1H4/b49-3+,50-4+;;;. The van der Waals surface area contributed by atoms with Crippen molar-refractivity contribution in [3.63, 3.8) is 0 Å². The first-order valence-electron chi connectivity index (χ1n) is 23.3. The van der Waals surface area contributed by atoms with Gasteiger partial charge in [-0.25, -0.2) is 0 Å². The number of benzene rings is 11. The zero-order chi connectivity index (χ0) is 45.0. The normalized spacial score (nSPS) is 11.5. The highest BCUT2D eigenvalue weighted by Crippen LogP contribution is 2.48. The van der Waals surface area contributed by atoms with E-state index in [0.29, 0.717) is 0 Å². The van der Waals surface area contributed by atoms with E-state index in [4.69, 9.17) is 0 Å². The quantitative estimate of drug-likeness (QED) is 0.140. The Balaban J connectivity index is 0.00000154. The molecular weight excluding hydrogens is 817 g/mol. The summed E-state index contributed by atoms with van der Waals surface area (Å²) in [5.41, 5.74) is 17.1. The predicted molar refractivity (Wildman–Crippen MR) is 301 cm³/mol. The van der Waals surface area contributed by atoms with Crippen LogP contribution in [0.25, 0.3) is 122 Å². The molecule has 0 saturated carbocycles. The van der Waals surface area contributed by atoms with E-state index in [1.54, 1.807) is 0 Å². The molecule has 0 saturated heterocycles. The summed E-state index contributed by atoms with van der Waals surface area (Å²) in [4.78, 5) is 0. The second kappa shape index (κ2) is 20.6. The summed E-state index contributed by atoms with van der Waals surface area (Å²) in [5, 5.41) is 9.88. The van der Waals surface area contributed by atoms with E-state index in [2.05, 4.69) is 257 Å². The van der Waals surface area contributed by atoms with Crippen molar-refractivity contribution >= 4 is 44.5 Å². The minimum absolute atomic E-state index is 0. The third kappa shape index (κ3) is 8.25. The van der Waals surface area contributed by atoms with E-state index in [1.165, 1.54) is 121 Å². The summed E-state index contributed by atoms with van der Waals surface area (Å²) >= 11 is 0. The largest absolute Gasteiger partial charge is 0.0791 e. The van der Waals surface area contributed by atoms with Crippen molar-refractivity contribution in [3.8, 4) is 77.9 Å². The van der Waals surface area contributed by atoms with Crippen molar-refractivity contribution in [1.29, 1.82) is 0 Å². The molecule has 11 rings (SSSR count). The Morgan fingerprint density at radius 1 is 0.235 bits per heavy atom. The molecule has 332 valence electrons. The van der Waals surface area contributed by atoms with E-state index < -0.39 is 0 Å².